The van der Waals surface area contributed by atoms with Gasteiger partial charge in [0, 0.05) is 17.0 Å². The van der Waals surface area contributed by atoms with Gasteiger partial charge in [0.1, 0.15) is 17.5 Å². The van der Waals surface area contributed by atoms with Crippen LogP contribution in [0.4, 0.5) is 13.2 Å². The summed E-state index contributed by atoms with van der Waals surface area (Å²) in [4.78, 5) is 0. The largest absolute Gasteiger partial charge is 0.207 e. The van der Waals surface area contributed by atoms with Gasteiger partial charge in [-0.1, -0.05) is 62.9 Å². The molecule has 0 aromatic heterocycles. The van der Waals surface area contributed by atoms with Gasteiger partial charge in [-0.3, -0.25) is 0 Å². The van der Waals surface area contributed by atoms with Crippen molar-refractivity contribution in [3.63, 3.8) is 0 Å². The second-order valence-electron chi connectivity index (χ2n) is 6.80. The molecule has 0 spiro atoms. The minimum Gasteiger partial charge on any atom is -0.207 e. The first-order valence-corrected chi connectivity index (χ1v) is 9.26. The van der Waals surface area contributed by atoms with Crippen LogP contribution in [-0.4, -0.2) is 0 Å². The standard InChI is InChI=1S/C23H23F3/c1-2-3-4-5-6-7-16-8-10-21-17(12-16)9-11-22(23(21)26)18-13-19(24)15-20(25)14-18/h8-15H,2-7H2,1H3. The van der Waals surface area contributed by atoms with Crippen LogP contribution in [0.2, 0.25) is 0 Å². The summed E-state index contributed by atoms with van der Waals surface area (Å²) in [5, 5.41) is 1.29. The number of halogens is 3. The van der Waals surface area contributed by atoms with E-state index in [1.54, 1.807) is 12.1 Å². The number of benzene rings is 3. The first-order valence-electron chi connectivity index (χ1n) is 9.26. The van der Waals surface area contributed by atoms with Gasteiger partial charge in [0.05, 0.1) is 0 Å². The molecular formula is C23H23F3. The fourth-order valence-corrected chi connectivity index (χ4v) is 3.36. The number of hydrogen-bond donors (Lipinski definition) is 0. The molecule has 0 saturated carbocycles. The van der Waals surface area contributed by atoms with Gasteiger partial charge in [0.15, 0.2) is 0 Å². The van der Waals surface area contributed by atoms with Gasteiger partial charge in [-0.25, -0.2) is 13.2 Å². The Labute approximate surface area is 152 Å². The normalized spacial score (nSPS) is 11.2. The lowest BCUT2D eigenvalue weighted by Gasteiger charge is -2.09. The van der Waals surface area contributed by atoms with E-state index in [-0.39, 0.29) is 11.1 Å². The molecule has 0 radical (unpaired) electrons. The summed E-state index contributed by atoms with van der Waals surface area (Å²) in [5.74, 6) is -1.86. The number of hydrogen-bond acceptors (Lipinski definition) is 0. The molecule has 3 rings (SSSR count). The Balaban J connectivity index is 1.84. The Morgan fingerprint density at radius 1 is 0.731 bits per heavy atom. The van der Waals surface area contributed by atoms with Crippen molar-refractivity contribution in [3.05, 3.63) is 71.5 Å². The zero-order chi connectivity index (χ0) is 18.5. The summed E-state index contributed by atoms with van der Waals surface area (Å²) < 4.78 is 41.8. The summed E-state index contributed by atoms with van der Waals surface area (Å²) in [6.45, 7) is 2.20. The van der Waals surface area contributed by atoms with E-state index in [2.05, 4.69) is 6.92 Å². The van der Waals surface area contributed by atoms with Crippen LogP contribution in [0, 0.1) is 17.5 Å². The maximum absolute atomic E-state index is 14.9. The Morgan fingerprint density at radius 3 is 2.19 bits per heavy atom. The molecule has 0 N–H and O–H groups in total. The molecule has 0 saturated heterocycles. The minimum absolute atomic E-state index is 0.210. The first-order chi connectivity index (χ1) is 12.6. The molecule has 0 fully saturated rings. The van der Waals surface area contributed by atoms with Crippen LogP contribution in [0.1, 0.15) is 44.6 Å². The Kier molecular flexibility index (Phi) is 5.97. The van der Waals surface area contributed by atoms with E-state index in [0.717, 1.165) is 36.4 Å². The third-order valence-corrected chi connectivity index (χ3v) is 4.76. The van der Waals surface area contributed by atoms with Crippen molar-refractivity contribution in [3.8, 4) is 11.1 Å². The molecule has 136 valence electrons. The summed E-state index contributed by atoms with van der Waals surface area (Å²) in [6.07, 6.45) is 7.09. The van der Waals surface area contributed by atoms with Gasteiger partial charge in [-0.2, -0.15) is 0 Å². The predicted molar refractivity (Wildman–Crippen MR) is 102 cm³/mol. The Morgan fingerprint density at radius 2 is 1.46 bits per heavy atom. The maximum atomic E-state index is 14.9. The lowest BCUT2D eigenvalue weighted by Crippen LogP contribution is -1.91. The van der Waals surface area contributed by atoms with Crippen LogP contribution in [0.15, 0.2) is 48.5 Å². The SMILES string of the molecule is CCCCCCCc1ccc2c(F)c(-c3cc(F)cc(F)c3)ccc2c1. The van der Waals surface area contributed by atoms with Crippen LogP contribution < -0.4 is 0 Å². The van der Waals surface area contributed by atoms with Gasteiger partial charge < -0.3 is 0 Å². The summed E-state index contributed by atoms with van der Waals surface area (Å²) in [5.41, 5.74) is 1.61. The van der Waals surface area contributed by atoms with E-state index in [1.165, 1.54) is 31.2 Å². The molecule has 3 aromatic rings. The number of unbranched alkanes of at least 4 members (excludes halogenated alkanes) is 4. The fraction of sp³-hybridized carbons (Fsp3) is 0.304. The van der Waals surface area contributed by atoms with Crippen LogP contribution >= 0.6 is 0 Å². The third-order valence-electron chi connectivity index (χ3n) is 4.76. The average Bonchev–Trinajstić information content (AvgIpc) is 2.61. The number of rotatable bonds is 7. The third kappa shape index (κ3) is 4.27. The molecule has 0 heterocycles. The molecule has 0 nitrogen and oxygen atoms in total. The molecular weight excluding hydrogens is 333 g/mol. The van der Waals surface area contributed by atoms with Gasteiger partial charge in [-0.15, -0.1) is 0 Å². The first kappa shape index (κ1) is 18.5. The van der Waals surface area contributed by atoms with Crippen molar-refractivity contribution in [2.75, 3.05) is 0 Å². The number of fused-ring (bicyclic) bond motifs is 1. The molecule has 0 unspecified atom stereocenters. The van der Waals surface area contributed by atoms with Gasteiger partial charge >= 0.3 is 0 Å². The van der Waals surface area contributed by atoms with Crippen molar-refractivity contribution in [1.82, 2.24) is 0 Å². The Hall–Kier alpha value is -2.29. The highest BCUT2D eigenvalue weighted by Gasteiger charge is 2.12. The highest BCUT2D eigenvalue weighted by atomic mass is 19.1. The van der Waals surface area contributed by atoms with Gasteiger partial charge in [0.25, 0.3) is 0 Å². The predicted octanol–water partition coefficient (Wildman–Crippen LogP) is 7.44. The van der Waals surface area contributed by atoms with Gasteiger partial charge in [0.2, 0.25) is 0 Å². The molecule has 0 aliphatic heterocycles. The molecule has 26 heavy (non-hydrogen) atoms. The molecule has 0 aliphatic rings. The van der Waals surface area contributed by atoms with Crippen LogP contribution in [0.3, 0.4) is 0 Å². The fourth-order valence-electron chi connectivity index (χ4n) is 3.36. The summed E-state index contributed by atoms with van der Waals surface area (Å²) in [7, 11) is 0. The lowest BCUT2D eigenvalue weighted by molar-refractivity contribution is 0.583. The van der Waals surface area contributed by atoms with E-state index in [4.69, 9.17) is 0 Å². The molecule has 0 aliphatic carbocycles. The van der Waals surface area contributed by atoms with E-state index in [0.29, 0.717) is 5.39 Å². The smallest absolute Gasteiger partial charge is 0.138 e. The molecule has 0 bridgehead atoms. The zero-order valence-corrected chi connectivity index (χ0v) is 15.0. The monoisotopic (exact) mass is 356 g/mol. The second kappa shape index (κ2) is 8.39. The van der Waals surface area contributed by atoms with Crippen LogP contribution in [-0.2, 0) is 6.42 Å². The minimum atomic E-state index is -0.710. The van der Waals surface area contributed by atoms with Crippen molar-refractivity contribution in [2.24, 2.45) is 0 Å². The summed E-state index contributed by atoms with van der Waals surface area (Å²) in [6, 6.07) is 12.2. The second-order valence-corrected chi connectivity index (χ2v) is 6.80. The lowest BCUT2D eigenvalue weighted by atomic mass is 9.97. The van der Waals surface area contributed by atoms with Gasteiger partial charge in [-0.05, 0) is 41.5 Å². The van der Waals surface area contributed by atoms with Crippen LogP contribution in [0.5, 0.6) is 0 Å². The Bertz CT molecular complexity index is 879. The zero-order valence-electron chi connectivity index (χ0n) is 15.0. The van der Waals surface area contributed by atoms with Crippen molar-refractivity contribution < 1.29 is 13.2 Å². The van der Waals surface area contributed by atoms with E-state index >= 15 is 0 Å². The average molecular weight is 356 g/mol. The van der Waals surface area contributed by atoms with Crippen molar-refractivity contribution in [2.45, 2.75) is 45.4 Å². The molecule has 3 heteroatoms. The van der Waals surface area contributed by atoms with Crippen LogP contribution in [0.25, 0.3) is 21.9 Å². The highest BCUT2D eigenvalue weighted by Crippen LogP contribution is 2.30. The highest BCUT2D eigenvalue weighted by molar-refractivity contribution is 5.88. The van der Waals surface area contributed by atoms with Crippen molar-refractivity contribution >= 4 is 10.8 Å². The van der Waals surface area contributed by atoms with E-state index in [1.807, 2.05) is 18.2 Å². The maximum Gasteiger partial charge on any atom is 0.138 e. The molecule has 3 aromatic carbocycles. The van der Waals surface area contributed by atoms with Crippen molar-refractivity contribution in [1.29, 1.82) is 0 Å². The molecule has 0 atom stereocenters. The van der Waals surface area contributed by atoms with E-state index < -0.39 is 17.5 Å². The topological polar surface area (TPSA) is 0 Å². The summed E-state index contributed by atoms with van der Waals surface area (Å²) >= 11 is 0. The quantitative estimate of drug-likeness (QED) is 0.386. The molecule has 0 amide bonds. The number of aryl methyl sites for hydroxylation is 1. The van der Waals surface area contributed by atoms with E-state index in [9.17, 15) is 13.2 Å².